The molecule has 0 saturated carbocycles. The van der Waals surface area contributed by atoms with Crippen molar-refractivity contribution in [2.75, 3.05) is 6.61 Å². The number of ether oxygens (including phenoxy) is 3. The molecule has 0 aliphatic carbocycles. The van der Waals surface area contributed by atoms with Gasteiger partial charge in [-0.3, -0.25) is 0 Å². The Morgan fingerprint density at radius 1 is 1.04 bits per heavy atom. The van der Waals surface area contributed by atoms with Crippen LogP contribution in [0.5, 0.6) is 0 Å². The smallest absolute Gasteiger partial charge is 0.352 e. The molecule has 0 spiro atoms. The molecule has 5 heteroatoms. The van der Waals surface area contributed by atoms with E-state index in [-0.39, 0.29) is 17.9 Å². The van der Waals surface area contributed by atoms with Gasteiger partial charge in [-0.05, 0) is 13.8 Å². The largest absolute Gasteiger partial charge is 0.462 e. The second-order valence-electron chi connectivity index (χ2n) is 5.56. The maximum atomic E-state index is 12.5. The third-order valence-corrected chi connectivity index (χ3v) is 3.74. The van der Waals surface area contributed by atoms with Crippen LogP contribution in [-0.2, 0) is 23.8 Å². The monoisotopic (exact) mass is 338 g/mol. The van der Waals surface area contributed by atoms with Crippen LogP contribution in [0.2, 0.25) is 0 Å². The van der Waals surface area contributed by atoms with Gasteiger partial charge in [0.05, 0.1) is 6.61 Å². The zero-order chi connectivity index (χ0) is 17.8. The SMILES string of the molecule is CCOC(=O)C1=C(c2ccccc2)OC(c2ccc(C)cc2)OC1=O. The number of benzene rings is 2. The summed E-state index contributed by atoms with van der Waals surface area (Å²) in [5.74, 6) is -1.34. The first-order chi connectivity index (χ1) is 12.1. The van der Waals surface area contributed by atoms with E-state index in [2.05, 4.69) is 0 Å². The number of carbonyl (C=O) groups is 2. The van der Waals surface area contributed by atoms with Gasteiger partial charge >= 0.3 is 11.9 Å². The molecule has 0 N–H and O–H groups in total. The summed E-state index contributed by atoms with van der Waals surface area (Å²) in [6.07, 6.45) is -0.915. The molecule has 2 aromatic carbocycles. The third-order valence-electron chi connectivity index (χ3n) is 3.74. The van der Waals surface area contributed by atoms with Crippen molar-refractivity contribution in [2.45, 2.75) is 20.1 Å². The summed E-state index contributed by atoms with van der Waals surface area (Å²) in [7, 11) is 0. The van der Waals surface area contributed by atoms with E-state index >= 15 is 0 Å². The van der Waals surface area contributed by atoms with Crippen molar-refractivity contribution in [2.24, 2.45) is 0 Å². The fraction of sp³-hybridized carbons (Fsp3) is 0.200. The molecule has 0 fully saturated rings. The summed E-state index contributed by atoms with van der Waals surface area (Å²) >= 11 is 0. The minimum atomic E-state index is -0.915. The molecule has 25 heavy (non-hydrogen) atoms. The normalized spacial score (nSPS) is 16.9. The van der Waals surface area contributed by atoms with Crippen LogP contribution in [0.25, 0.3) is 5.76 Å². The van der Waals surface area contributed by atoms with Gasteiger partial charge in [0, 0.05) is 11.1 Å². The van der Waals surface area contributed by atoms with Crippen LogP contribution in [0.3, 0.4) is 0 Å². The van der Waals surface area contributed by atoms with Crippen molar-refractivity contribution in [3.63, 3.8) is 0 Å². The molecule has 0 radical (unpaired) electrons. The van der Waals surface area contributed by atoms with Gasteiger partial charge in [0.15, 0.2) is 11.3 Å². The number of hydrogen-bond acceptors (Lipinski definition) is 5. The molecular formula is C20H18O5. The Balaban J connectivity index is 2.03. The topological polar surface area (TPSA) is 61.8 Å². The number of carbonyl (C=O) groups excluding carboxylic acids is 2. The Morgan fingerprint density at radius 3 is 2.36 bits per heavy atom. The van der Waals surface area contributed by atoms with E-state index in [0.717, 1.165) is 5.56 Å². The Bertz CT molecular complexity index is 806. The highest BCUT2D eigenvalue weighted by Gasteiger charge is 2.37. The number of cyclic esters (lactones) is 1. The quantitative estimate of drug-likeness (QED) is 0.630. The van der Waals surface area contributed by atoms with E-state index in [1.807, 2.05) is 37.3 Å². The van der Waals surface area contributed by atoms with Crippen molar-refractivity contribution >= 4 is 17.7 Å². The lowest BCUT2D eigenvalue weighted by atomic mass is 10.1. The molecule has 0 saturated heterocycles. The molecule has 0 bridgehead atoms. The average molecular weight is 338 g/mol. The minimum absolute atomic E-state index is 0.152. The molecule has 1 aliphatic heterocycles. The first-order valence-corrected chi connectivity index (χ1v) is 8.01. The van der Waals surface area contributed by atoms with E-state index in [9.17, 15) is 9.59 Å². The summed E-state index contributed by atoms with van der Waals surface area (Å²) in [5.41, 5.74) is 2.16. The highest BCUT2D eigenvalue weighted by atomic mass is 16.7. The molecule has 3 rings (SSSR count). The average Bonchev–Trinajstić information content (AvgIpc) is 2.62. The number of hydrogen-bond donors (Lipinski definition) is 0. The molecular weight excluding hydrogens is 320 g/mol. The summed E-state index contributed by atoms with van der Waals surface area (Å²) < 4.78 is 16.2. The maximum absolute atomic E-state index is 12.5. The van der Waals surface area contributed by atoms with Gasteiger partial charge in [0.1, 0.15) is 0 Å². The van der Waals surface area contributed by atoms with Crippen LogP contribution < -0.4 is 0 Å². The van der Waals surface area contributed by atoms with E-state index in [0.29, 0.717) is 11.1 Å². The second kappa shape index (κ2) is 7.21. The predicted molar refractivity (Wildman–Crippen MR) is 91.1 cm³/mol. The molecule has 1 aliphatic rings. The van der Waals surface area contributed by atoms with E-state index in [1.165, 1.54) is 0 Å². The first kappa shape index (κ1) is 16.8. The Hall–Kier alpha value is -3.08. The molecule has 5 nitrogen and oxygen atoms in total. The van der Waals surface area contributed by atoms with Crippen LogP contribution in [-0.4, -0.2) is 18.5 Å². The maximum Gasteiger partial charge on any atom is 0.352 e. The zero-order valence-electron chi connectivity index (χ0n) is 14.0. The minimum Gasteiger partial charge on any atom is -0.462 e. The predicted octanol–water partition coefficient (Wildman–Crippen LogP) is 3.54. The van der Waals surface area contributed by atoms with Crippen molar-refractivity contribution in [1.82, 2.24) is 0 Å². The fourth-order valence-corrected chi connectivity index (χ4v) is 2.48. The van der Waals surface area contributed by atoms with Crippen LogP contribution in [0.15, 0.2) is 60.2 Å². The van der Waals surface area contributed by atoms with Gasteiger partial charge in [-0.15, -0.1) is 0 Å². The lowest BCUT2D eigenvalue weighted by Gasteiger charge is -2.27. The summed E-state index contributed by atoms with van der Waals surface area (Å²) in [5, 5.41) is 0. The van der Waals surface area contributed by atoms with Gasteiger partial charge in [0.25, 0.3) is 6.29 Å². The van der Waals surface area contributed by atoms with E-state index in [4.69, 9.17) is 14.2 Å². The van der Waals surface area contributed by atoms with E-state index < -0.39 is 18.2 Å². The van der Waals surface area contributed by atoms with Crippen molar-refractivity contribution in [3.05, 3.63) is 76.9 Å². The molecule has 1 atom stereocenters. The molecule has 0 amide bonds. The lowest BCUT2D eigenvalue weighted by Crippen LogP contribution is -2.28. The van der Waals surface area contributed by atoms with Crippen LogP contribution >= 0.6 is 0 Å². The lowest BCUT2D eigenvalue weighted by molar-refractivity contribution is -0.171. The van der Waals surface area contributed by atoms with Gasteiger partial charge in [0.2, 0.25) is 0 Å². The Labute approximate surface area is 145 Å². The van der Waals surface area contributed by atoms with Crippen LogP contribution in [0.1, 0.15) is 29.9 Å². The molecule has 0 aromatic heterocycles. The molecule has 2 aromatic rings. The standard InChI is InChI=1S/C20H18O5/c1-3-23-18(21)16-17(14-7-5-4-6-8-14)24-20(25-19(16)22)15-11-9-13(2)10-12-15/h4-12,20H,3H2,1-2H3. The first-order valence-electron chi connectivity index (χ1n) is 8.01. The van der Waals surface area contributed by atoms with Crippen molar-refractivity contribution < 1.29 is 23.8 Å². The highest BCUT2D eigenvalue weighted by Crippen LogP contribution is 2.35. The summed E-state index contributed by atoms with van der Waals surface area (Å²) in [4.78, 5) is 24.7. The van der Waals surface area contributed by atoms with Gasteiger partial charge in [-0.1, -0.05) is 60.2 Å². The van der Waals surface area contributed by atoms with E-state index in [1.54, 1.807) is 31.2 Å². The number of rotatable bonds is 4. The summed E-state index contributed by atoms with van der Waals surface area (Å²) in [6.45, 7) is 3.79. The third kappa shape index (κ3) is 3.55. The van der Waals surface area contributed by atoms with Crippen LogP contribution in [0.4, 0.5) is 0 Å². The molecule has 128 valence electrons. The number of esters is 2. The van der Waals surface area contributed by atoms with Crippen LogP contribution in [0, 0.1) is 6.92 Å². The van der Waals surface area contributed by atoms with Crippen molar-refractivity contribution in [3.8, 4) is 0 Å². The summed E-state index contributed by atoms with van der Waals surface area (Å²) in [6, 6.07) is 16.4. The molecule has 1 heterocycles. The Kier molecular flexibility index (Phi) is 4.84. The van der Waals surface area contributed by atoms with Crippen molar-refractivity contribution in [1.29, 1.82) is 0 Å². The van der Waals surface area contributed by atoms with Gasteiger partial charge in [-0.2, -0.15) is 0 Å². The second-order valence-corrected chi connectivity index (χ2v) is 5.56. The molecule has 1 unspecified atom stereocenters. The highest BCUT2D eigenvalue weighted by molar-refractivity contribution is 6.19. The van der Waals surface area contributed by atoms with Gasteiger partial charge < -0.3 is 14.2 Å². The number of aryl methyl sites for hydroxylation is 1. The fourth-order valence-electron chi connectivity index (χ4n) is 2.48. The zero-order valence-corrected chi connectivity index (χ0v) is 14.0. The Morgan fingerprint density at radius 2 is 1.72 bits per heavy atom. The van der Waals surface area contributed by atoms with Gasteiger partial charge in [-0.25, -0.2) is 9.59 Å².